The molecule has 29 heavy (non-hydrogen) atoms. The molecule has 2 aromatic rings. The van der Waals surface area contributed by atoms with Crippen LogP contribution in [-0.4, -0.2) is 38.6 Å². The molecule has 0 aliphatic carbocycles. The Kier molecular flexibility index (Phi) is 5.71. The maximum atomic E-state index is 12.4. The summed E-state index contributed by atoms with van der Waals surface area (Å²) in [5.41, 5.74) is -0.576. The van der Waals surface area contributed by atoms with Gasteiger partial charge in [0.15, 0.2) is 0 Å². The van der Waals surface area contributed by atoms with Gasteiger partial charge in [-0.15, -0.1) is 0 Å². The summed E-state index contributed by atoms with van der Waals surface area (Å²) in [7, 11) is 0. The van der Waals surface area contributed by atoms with Crippen LogP contribution in [0.1, 0.15) is 45.2 Å². The predicted molar refractivity (Wildman–Crippen MR) is 107 cm³/mol. The average molecular weight is 404 g/mol. The summed E-state index contributed by atoms with van der Waals surface area (Å²) in [6.45, 7) is 7.69. The molecule has 0 saturated carbocycles. The van der Waals surface area contributed by atoms with E-state index in [0.717, 1.165) is 11.1 Å². The van der Waals surface area contributed by atoms with E-state index in [-0.39, 0.29) is 30.8 Å². The molecule has 1 aliphatic heterocycles. The van der Waals surface area contributed by atoms with Crippen molar-refractivity contribution >= 4 is 0 Å². The second-order valence-electron chi connectivity index (χ2n) is 8.60. The second-order valence-corrected chi connectivity index (χ2v) is 8.60. The zero-order valence-corrected chi connectivity index (χ0v) is 17.1. The van der Waals surface area contributed by atoms with Crippen LogP contribution in [0, 0.1) is 0 Å². The van der Waals surface area contributed by atoms with E-state index < -0.39 is 29.2 Å². The molecule has 8 heteroatoms. The minimum absolute atomic E-state index is 0.0277. The first kappa shape index (κ1) is 21.3. The van der Waals surface area contributed by atoms with Crippen LogP contribution in [0.4, 0.5) is 0 Å². The van der Waals surface area contributed by atoms with Crippen molar-refractivity contribution in [3.63, 3.8) is 0 Å². The van der Waals surface area contributed by atoms with Crippen molar-refractivity contribution in [1.29, 1.82) is 0 Å². The van der Waals surface area contributed by atoms with Gasteiger partial charge in [-0.3, -0.25) is 14.3 Å². The van der Waals surface area contributed by atoms with Crippen molar-refractivity contribution in [3.05, 3.63) is 62.4 Å². The third-order valence-electron chi connectivity index (χ3n) is 5.23. The molecule has 0 amide bonds. The Morgan fingerprint density at radius 1 is 1.31 bits per heavy atom. The highest BCUT2D eigenvalue weighted by atomic mass is 16.6. The number of aliphatic hydroxyl groups excluding tert-OH is 2. The predicted octanol–water partition coefficient (Wildman–Crippen LogP) is 1.23. The summed E-state index contributed by atoms with van der Waals surface area (Å²) in [4.78, 5) is 26.9. The second kappa shape index (κ2) is 7.78. The van der Waals surface area contributed by atoms with Crippen molar-refractivity contribution in [2.75, 3.05) is 6.61 Å². The molecule has 0 unspecified atom stereocenters. The number of aromatic nitrogens is 2. The molecule has 3 atom stereocenters. The van der Waals surface area contributed by atoms with Gasteiger partial charge in [0.25, 0.3) is 5.56 Å². The van der Waals surface area contributed by atoms with Gasteiger partial charge in [-0.1, -0.05) is 45.0 Å². The van der Waals surface area contributed by atoms with Gasteiger partial charge in [-0.2, -0.15) is 0 Å². The zero-order chi connectivity index (χ0) is 21.4. The van der Waals surface area contributed by atoms with E-state index in [1.54, 1.807) is 6.92 Å². The van der Waals surface area contributed by atoms with Gasteiger partial charge in [0, 0.05) is 6.42 Å². The number of H-pyrrole nitrogens is 1. The summed E-state index contributed by atoms with van der Waals surface area (Å²) in [5, 5.41) is 19.4. The Morgan fingerprint density at radius 3 is 2.62 bits per heavy atom. The van der Waals surface area contributed by atoms with Gasteiger partial charge in [-0.05, 0) is 23.5 Å². The molecular formula is C21H28N2O6. The largest absolute Gasteiger partial charge is 0.482 e. The summed E-state index contributed by atoms with van der Waals surface area (Å²) >= 11 is 0. The lowest BCUT2D eigenvalue weighted by Crippen LogP contribution is -2.42. The van der Waals surface area contributed by atoms with Crippen molar-refractivity contribution in [2.45, 2.75) is 64.1 Å². The molecule has 1 aliphatic rings. The van der Waals surface area contributed by atoms with E-state index in [9.17, 15) is 19.8 Å². The van der Waals surface area contributed by atoms with Gasteiger partial charge in [0.05, 0.1) is 18.9 Å². The minimum Gasteiger partial charge on any atom is -0.482 e. The molecule has 2 heterocycles. The van der Waals surface area contributed by atoms with Crippen molar-refractivity contribution in [3.8, 4) is 5.75 Å². The average Bonchev–Trinajstić information content (AvgIpc) is 2.95. The van der Waals surface area contributed by atoms with Gasteiger partial charge in [0.1, 0.15) is 18.4 Å². The Balaban J connectivity index is 1.90. The first-order valence-corrected chi connectivity index (χ1v) is 9.59. The lowest BCUT2D eigenvalue weighted by molar-refractivity contribution is -0.108. The van der Waals surface area contributed by atoms with Crippen LogP contribution in [0.2, 0.25) is 0 Å². The first-order chi connectivity index (χ1) is 13.5. The molecule has 1 aromatic carbocycles. The molecule has 0 bridgehead atoms. The van der Waals surface area contributed by atoms with Gasteiger partial charge in [-0.25, -0.2) is 4.79 Å². The van der Waals surface area contributed by atoms with Gasteiger partial charge < -0.3 is 19.7 Å². The highest BCUT2D eigenvalue weighted by Crippen LogP contribution is 2.34. The summed E-state index contributed by atoms with van der Waals surface area (Å²) < 4.78 is 12.6. The fourth-order valence-electron chi connectivity index (χ4n) is 3.73. The Labute approximate surface area is 168 Å². The first-order valence-electron chi connectivity index (χ1n) is 9.59. The van der Waals surface area contributed by atoms with Crippen LogP contribution in [0.15, 0.2) is 40.1 Å². The van der Waals surface area contributed by atoms with Crippen LogP contribution in [0.25, 0.3) is 0 Å². The van der Waals surface area contributed by atoms with E-state index >= 15 is 0 Å². The fraction of sp³-hybridized carbons (Fsp3) is 0.524. The molecule has 8 nitrogen and oxygen atoms in total. The van der Waals surface area contributed by atoms with Crippen LogP contribution in [-0.2, 0) is 22.5 Å². The maximum absolute atomic E-state index is 12.4. The Morgan fingerprint density at radius 2 is 2.00 bits per heavy atom. The smallest absolute Gasteiger partial charge is 0.330 e. The number of hydrogen-bond donors (Lipinski definition) is 3. The number of aromatic amines is 1. The molecule has 1 fully saturated rings. The molecule has 3 N–H and O–H groups in total. The van der Waals surface area contributed by atoms with Crippen LogP contribution >= 0.6 is 0 Å². The van der Waals surface area contributed by atoms with Gasteiger partial charge >= 0.3 is 5.69 Å². The van der Waals surface area contributed by atoms with Crippen LogP contribution in [0.5, 0.6) is 5.75 Å². The topological polar surface area (TPSA) is 114 Å². The van der Waals surface area contributed by atoms with E-state index in [4.69, 9.17) is 9.47 Å². The summed E-state index contributed by atoms with van der Waals surface area (Å²) in [6.07, 6.45) is -0.335. The standard InChI is InChI=1S/C21H28N2O6/c1-20(2,3)14-8-6-5-7-13(14)12-28-16-10-23(19(27)22-18(16)26)21(4)9-15(25)17(11-24)29-21/h5-8,10,15,17,24-25H,9,11-12H2,1-4H3,(H,22,26,27)/t15-,17+,21+/m0/s1. The number of hydrogen-bond acceptors (Lipinski definition) is 6. The van der Waals surface area contributed by atoms with Crippen molar-refractivity contribution in [1.82, 2.24) is 9.55 Å². The van der Waals surface area contributed by atoms with Crippen LogP contribution < -0.4 is 16.0 Å². The Hall–Kier alpha value is -2.42. The Bertz CT molecular complexity index is 990. The quantitative estimate of drug-likeness (QED) is 0.691. The number of nitrogens with zero attached hydrogens (tertiary/aromatic N) is 1. The molecule has 158 valence electrons. The van der Waals surface area contributed by atoms with E-state index in [2.05, 4.69) is 25.8 Å². The molecule has 1 saturated heterocycles. The SMILES string of the molecule is CC(C)(C)c1ccccc1COc1cn([C@@]2(C)C[C@H](O)[C@@H](CO)O2)c(=O)[nH]c1=O. The minimum atomic E-state index is -1.21. The number of nitrogens with one attached hydrogen (secondary N) is 1. The number of ether oxygens (including phenoxy) is 2. The lowest BCUT2D eigenvalue weighted by Gasteiger charge is -2.27. The zero-order valence-electron chi connectivity index (χ0n) is 17.1. The van der Waals surface area contributed by atoms with E-state index in [1.807, 2.05) is 24.3 Å². The van der Waals surface area contributed by atoms with Crippen molar-refractivity contribution < 1.29 is 19.7 Å². The maximum Gasteiger partial charge on any atom is 0.330 e. The van der Waals surface area contributed by atoms with Gasteiger partial charge in [0.2, 0.25) is 5.75 Å². The number of benzene rings is 1. The monoisotopic (exact) mass is 404 g/mol. The van der Waals surface area contributed by atoms with E-state index in [1.165, 1.54) is 10.8 Å². The summed E-state index contributed by atoms with van der Waals surface area (Å²) in [5.74, 6) is -0.0277. The molecule has 3 rings (SSSR count). The molecule has 0 radical (unpaired) electrons. The lowest BCUT2D eigenvalue weighted by atomic mass is 9.84. The van der Waals surface area contributed by atoms with E-state index in [0.29, 0.717) is 0 Å². The number of rotatable bonds is 5. The van der Waals surface area contributed by atoms with Crippen LogP contribution in [0.3, 0.4) is 0 Å². The van der Waals surface area contributed by atoms with Crippen molar-refractivity contribution in [2.24, 2.45) is 0 Å². The normalized spacial score (nSPS) is 24.6. The molecular weight excluding hydrogens is 376 g/mol. The molecule has 1 aromatic heterocycles. The third kappa shape index (κ3) is 4.29. The number of aliphatic hydroxyl groups is 2. The highest BCUT2D eigenvalue weighted by molar-refractivity contribution is 5.32. The highest BCUT2D eigenvalue weighted by Gasteiger charge is 2.44. The fourth-order valence-corrected chi connectivity index (χ4v) is 3.73. The third-order valence-corrected chi connectivity index (χ3v) is 5.23. The summed E-state index contributed by atoms with van der Waals surface area (Å²) in [6, 6.07) is 7.82. The molecule has 0 spiro atoms.